The first kappa shape index (κ1) is 16.4. The summed E-state index contributed by atoms with van der Waals surface area (Å²) in [6, 6.07) is 12.7. The molecule has 25 heavy (non-hydrogen) atoms. The number of fused-ring (bicyclic) bond motifs is 1. The molecule has 2 unspecified atom stereocenters. The Bertz CT molecular complexity index is 831. The van der Waals surface area contributed by atoms with E-state index in [-0.39, 0.29) is 12.1 Å². The lowest BCUT2D eigenvalue weighted by Gasteiger charge is -2.17. The second-order valence-corrected chi connectivity index (χ2v) is 7.31. The Morgan fingerprint density at radius 2 is 2.20 bits per heavy atom. The Morgan fingerprint density at radius 1 is 1.32 bits per heavy atom. The van der Waals surface area contributed by atoms with Crippen LogP contribution in [0, 0.1) is 0 Å². The summed E-state index contributed by atoms with van der Waals surface area (Å²) in [6.07, 6.45) is 2.82. The summed E-state index contributed by atoms with van der Waals surface area (Å²) in [5.74, 6) is 0.863. The van der Waals surface area contributed by atoms with Crippen molar-refractivity contribution in [2.24, 2.45) is 0 Å². The van der Waals surface area contributed by atoms with E-state index in [9.17, 15) is 0 Å². The number of anilines is 1. The fourth-order valence-electron chi connectivity index (χ4n) is 2.92. The molecule has 2 aromatic heterocycles. The second-order valence-electron chi connectivity index (χ2n) is 6.28. The molecular weight excluding hydrogens is 334 g/mol. The Labute approximate surface area is 151 Å². The second kappa shape index (κ2) is 7.47. The van der Waals surface area contributed by atoms with Crippen LogP contribution in [0.1, 0.15) is 13.3 Å². The normalized spacial score (nSPS) is 18.5. The first-order valence-electron chi connectivity index (χ1n) is 8.55. The SMILES string of the molecule is CC(COC1CCOC1)Nc1ncnc2sc(-c3ccccc3)cc12. The highest BCUT2D eigenvalue weighted by Gasteiger charge is 2.18. The highest BCUT2D eigenvalue weighted by Crippen LogP contribution is 2.34. The van der Waals surface area contributed by atoms with Crippen LogP contribution in [-0.2, 0) is 9.47 Å². The standard InChI is InChI=1S/C19H21N3O2S/c1-13(10-24-15-7-8-23-11-15)22-18-16-9-17(14-5-3-2-4-6-14)25-19(16)21-12-20-18/h2-6,9,12-13,15H,7-8,10-11H2,1H3,(H,20,21,22). The number of rotatable bonds is 6. The summed E-state index contributed by atoms with van der Waals surface area (Å²) >= 11 is 1.69. The third kappa shape index (κ3) is 3.81. The maximum atomic E-state index is 5.90. The van der Waals surface area contributed by atoms with Crippen molar-refractivity contribution in [1.29, 1.82) is 0 Å². The summed E-state index contributed by atoms with van der Waals surface area (Å²) in [4.78, 5) is 11.1. The molecule has 0 aliphatic carbocycles. The van der Waals surface area contributed by atoms with Gasteiger partial charge >= 0.3 is 0 Å². The number of nitrogens with zero attached hydrogens (tertiary/aromatic N) is 2. The molecule has 1 N–H and O–H groups in total. The van der Waals surface area contributed by atoms with Gasteiger partial charge in [-0.25, -0.2) is 9.97 Å². The molecule has 5 nitrogen and oxygen atoms in total. The molecule has 3 aromatic rings. The minimum absolute atomic E-state index is 0.166. The van der Waals surface area contributed by atoms with Crippen molar-refractivity contribution >= 4 is 27.4 Å². The van der Waals surface area contributed by atoms with Crippen LogP contribution in [-0.4, -0.2) is 41.9 Å². The van der Waals surface area contributed by atoms with Crippen molar-refractivity contribution in [2.75, 3.05) is 25.1 Å². The predicted molar refractivity (Wildman–Crippen MR) is 101 cm³/mol. The minimum atomic E-state index is 0.166. The quantitative estimate of drug-likeness (QED) is 0.725. The van der Waals surface area contributed by atoms with E-state index in [2.05, 4.69) is 52.5 Å². The van der Waals surface area contributed by atoms with Gasteiger partial charge in [0.25, 0.3) is 0 Å². The van der Waals surface area contributed by atoms with Crippen LogP contribution < -0.4 is 5.32 Å². The van der Waals surface area contributed by atoms with Crippen molar-refractivity contribution in [1.82, 2.24) is 9.97 Å². The summed E-state index contributed by atoms with van der Waals surface area (Å²) in [6.45, 7) is 4.25. The van der Waals surface area contributed by atoms with Gasteiger partial charge in [-0.2, -0.15) is 0 Å². The van der Waals surface area contributed by atoms with E-state index < -0.39 is 0 Å². The molecule has 130 valence electrons. The summed E-state index contributed by atoms with van der Waals surface area (Å²) < 4.78 is 11.2. The molecule has 0 amide bonds. The van der Waals surface area contributed by atoms with Gasteiger partial charge in [-0.15, -0.1) is 11.3 Å². The van der Waals surface area contributed by atoms with Crippen LogP contribution >= 0.6 is 11.3 Å². The van der Waals surface area contributed by atoms with Crippen molar-refractivity contribution in [3.63, 3.8) is 0 Å². The molecule has 1 aromatic carbocycles. The zero-order valence-corrected chi connectivity index (χ0v) is 15.0. The summed E-state index contributed by atoms with van der Waals surface area (Å²) in [7, 11) is 0. The third-order valence-corrected chi connectivity index (χ3v) is 5.33. The van der Waals surface area contributed by atoms with Crippen LogP contribution in [0.4, 0.5) is 5.82 Å². The fourth-order valence-corrected chi connectivity index (χ4v) is 3.92. The molecule has 0 radical (unpaired) electrons. The Hall–Kier alpha value is -2.02. The Kier molecular flexibility index (Phi) is 4.92. The Morgan fingerprint density at radius 3 is 3.00 bits per heavy atom. The first-order valence-corrected chi connectivity index (χ1v) is 9.37. The number of hydrogen-bond donors (Lipinski definition) is 1. The molecule has 1 aliphatic rings. The number of thiophene rings is 1. The number of aromatic nitrogens is 2. The summed E-state index contributed by atoms with van der Waals surface area (Å²) in [5.41, 5.74) is 1.20. The number of nitrogens with one attached hydrogen (secondary N) is 1. The third-order valence-electron chi connectivity index (χ3n) is 4.24. The smallest absolute Gasteiger partial charge is 0.138 e. The van der Waals surface area contributed by atoms with Gasteiger partial charge in [0.2, 0.25) is 0 Å². The van der Waals surface area contributed by atoms with Crippen molar-refractivity contribution in [3.8, 4) is 10.4 Å². The predicted octanol–water partition coefficient (Wildman–Crippen LogP) is 3.96. The van der Waals surface area contributed by atoms with Crippen LogP contribution in [0.5, 0.6) is 0 Å². The molecule has 1 aliphatic heterocycles. The molecule has 0 saturated carbocycles. The van der Waals surface area contributed by atoms with Crippen LogP contribution in [0.3, 0.4) is 0 Å². The van der Waals surface area contributed by atoms with Gasteiger partial charge in [-0.05, 0) is 25.0 Å². The van der Waals surface area contributed by atoms with Gasteiger partial charge in [0.05, 0.1) is 24.7 Å². The van der Waals surface area contributed by atoms with Crippen LogP contribution in [0.15, 0.2) is 42.7 Å². The zero-order chi connectivity index (χ0) is 17.1. The van der Waals surface area contributed by atoms with Gasteiger partial charge in [0.15, 0.2) is 0 Å². The van der Waals surface area contributed by atoms with Crippen LogP contribution in [0.25, 0.3) is 20.7 Å². The molecule has 3 heterocycles. The van der Waals surface area contributed by atoms with Crippen LogP contribution in [0.2, 0.25) is 0 Å². The van der Waals surface area contributed by atoms with Crippen molar-refractivity contribution < 1.29 is 9.47 Å². The molecule has 1 fully saturated rings. The highest BCUT2D eigenvalue weighted by atomic mass is 32.1. The monoisotopic (exact) mass is 355 g/mol. The average molecular weight is 355 g/mol. The molecule has 4 rings (SSSR count). The summed E-state index contributed by atoms with van der Waals surface area (Å²) in [5, 5.41) is 4.52. The molecule has 0 bridgehead atoms. The number of hydrogen-bond acceptors (Lipinski definition) is 6. The van der Waals surface area contributed by atoms with Crippen molar-refractivity contribution in [2.45, 2.75) is 25.5 Å². The lowest BCUT2D eigenvalue weighted by atomic mass is 10.2. The molecular formula is C19H21N3O2S. The first-order chi connectivity index (χ1) is 12.3. The molecule has 0 spiro atoms. The van der Waals surface area contributed by atoms with E-state index >= 15 is 0 Å². The van der Waals surface area contributed by atoms with Crippen molar-refractivity contribution in [3.05, 3.63) is 42.7 Å². The fraction of sp³-hybridized carbons (Fsp3) is 0.368. The van der Waals surface area contributed by atoms with E-state index in [1.807, 2.05) is 6.07 Å². The van der Waals surface area contributed by atoms with E-state index in [1.54, 1.807) is 17.7 Å². The van der Waals surface area contributed by atoms with E-state index in [4.69, 9.17) is 9.47 Å². The Balaban J connectivity index is 1.50. The number of ether oxygens (including phenoxy) is 2. The van der Waals surface area contributed by atoms with E-state index in [1.165, 1.54) is 10.4 Å². The molecule has 1 saturated heterocycles. The van der Waals surface area contributed by atoms with Gasteiger partial charge in [-0.3, -0.25) is 0 Å². The van der Waals surface area contributed by atoms with E-state index in [0.717, 1.165) is 29.1 Å². The minimum Gasteiger partial charge on any atom is -0.379 e. The van der Waals surface area contributed by atoms with Gasteiger partial charge < -0.3 is 14.8 Å². The lowest BCUT2D eigenvalue weighted by Crippen LogP contribution is -2.26. The zero-order valence-electron chi connectivity index (χ0n) is 14.1. The molecule has 2 atom stereocenters. The highest BCUT2D eigenvalue weighted by molar-refractivity contribution is 7.21. The molecule has 6 heteroatoms. The number of benzene rings is 1. The van der Waals surface area contributed by atoms with Gasteiger partial charge in [0, 0.05) is 17.5 Å². The largest absolute Gasteiger partial charge is 0.379 e. The van der Waals surface area contributed by atoms with Gasteiger partial charge in [-0.1, -0.05) is 30.3 Å². The average Bonchev–Trinajstić information content (AvgIpc) is 3.31. The van der Waals surface area contributed by atoms with E-state index in [0.29, 0.717) is 13.2 Å². The maximum Gasteiger partial charge on any atom is 0.138 e. The maximum absolute atomic E-state index is 5.90. The lowest BCUT2D eigenvalue weighted by molar-refractivity contribution is 0.0395. The van der Waals surface area contributed by atoms with Gasteiger partial charge in [0.1, 0.15) is 17.0 Å². The topological polar surface area (TPSA) is 56.3 Å².